The van der Waals surface area contributed by atoms with E-state index in [0.717, 1.165) is 5.56 Å². The number of carbonyl (C=O) groups excluding carboxylic acids is 2. The van der Waals surface area contributed by atoms with Gasteiger partial charge >= 0.3 is 11.9 Å². The van der Waals surface area contributed by atoms with Crippen LogP contribution in [0.25, 0.3) is 0 Å². The van der Waals surface area contributed by atoms with Gasteiger partial charge in [0.25, 0.3) is 5.91 Å². The molecule has 2 rings (SSSR count). The highest BCUT2D eigenvalue weighted by molar-refractivity contribution is 6.31. The van der Waals surface area contributed by atoms with E-state index in [1.165, 1.54) is 4.90 Å². The van der Waals surface area contributed by atoms with Crippen LogP contribution in [0, 0.1) is 6.92 Å². The van der Waals surface area contributed by atoms with Crippen LogP contribution in [0.5, 0.6) is 0 Å². The molecule has 0 atom stereocenters. The van der Waals surface area contributed by atoms with E-state index in [1.54, 1.807) is 17.0 Å². The summed E-state index contributed by atoms with van der Waals surface area (Å²) in [6.07, 6.45) is 0. The summed E-state index contributed by atoms with van der Waals surface area (Å²) in [5.74, 6) is -2.46. The number of hydrogen-bond donors (Lipinski definition) is 1. The zero-order valence-corrected chi connectivity index (χ0v) is 11.2. The first-order chi connectivity index (χ1) is 9.49. The van der Waals surface area contributed by atoms with Gasteiger partial charge in [-0.3, -0.25) is 9.59 Å². The standard InChI is InChI=1S/C14H16N2O4/c1-10-2-4-11(5-3-10)12(17)15-6-8-16(9-7-15)13(18)14(19)20/h2-5H,6-9H2,1H3,(H,19,20). The third-order valence-corrected chi connectivity index (χ3v) is 3.34. The topological polar surface area (TPSA) is 77.9 Å². The van der Waals surface area contributed by atoms with Crippen molar-refractivity contribution in [1.82, 2.24) is 9.80 Å². The number of hydrogen-bond acceptors (Lipinski definition) is 3. The molecule has 1 aliphatic rings. The quantitative estimate of drug-likeness (QED) is 0.751. The molecule has 0 spiro atoms. The third-order valence-electron chi connectivity index (χ3n) is 3.34. The number of piperazine rings is 1. The Labute approximate surface area is 116 Å². The Morgan fingerprint density at radius 3 is 1.95 bits per heavy atom. The van der Waals surface area contributed by atoms with Gasteiger partial charge in [-0.15, -0.1) is 0 Å². The number of aliphatic carboxylic acids is 1. The summed E-state index contributed by atoms with van der Waals surface area (Å²) in [4.78, 5) is 37.0. The number of amides is 2. The number of carboxylic acids is 1. The Bertz CT molecular complexity index is 531. The van der Waals surface area contributed by atoms with Crippen LogP contribution >= 0.6 is 0 Å². The molecule has 2 amide bonds. The maximum Gasteiger partial charge on any atom is 0.394 e. The molecule has 0 saturated carbocycles. The van der Waals surface area contributed by atoms with Crippen molar-refractivity contribution in [2.75, 3.05) is 26.2 Å². The van der Waals surface area contributed by atoms with Crippen molar-refractivity contribution < 1.29 is 19.5 Å². The fourth-order valence-electron chi connectivity index (χ4n) is 2.13. The molecule has 1 aromatic carbocycles. The van der Waals surface area contributed by atoms with Crippen LogP contribution in [-0.2, 0) is 9.59 Å². The lowest BCUT2D eigenvalue weighted by molar-refractivity contribution is -0.156. The van der Waals surface area contributed by atoms with E-state index in [-0.39, 0.29) is 19.0 Å². The SMILES string of the molecule is Cc1ccc(C(=O)N2CCN(C(=O)C(=O)O)CC2)cc1. The first-order valence-electron chi connectivity index (χ1n) is 6.37. The molecule has 1 saturated heterocycles. The van der Waals surface area contributed by atoms with Gasteiger partial charge in [0.1, 0.15) is 0 Å². The van der Waals surface area contributed by atoms with Crippen molar-refractivity contribution in [3.63, 3.8) is 0 Å². The van der Waals surface area contributed by atoms with E-state index in [2.05, 4.69) is 0 Å². The third kappa shape index (κ3) is 2.96. The van der Waals surface area contributed by atoms with E-state index in [9.17, 15) is 14.4 Å². The fourth-order valence-corrected chi connectivity index (χ4v) is 2.13. The Kier molecular flexibility index (Phi) is 4.02. The minimum absolute atomic E-state index is 0.0903. The lowest BCUT2D eigenvalue weighted by Crippen LogP contribution is -2.52. The van der Waals surface area contributed by atoms with Gasteiger partial charge in [-0.05, 0) is 19.1 Å². The lowest BCUT2D eigenvalue weighted by Gasteiger charge is -2.33. The number of nitrogens with zero attached hydrogens (tertiary/aromatic N) is 2. The molecule has 1 fully saturated rings. The van der Waals surface area contributed by atoms with Crippen molar-refractivity contribution in [2.45, 2.75) is 6.92 Å². The Hall–Kier alpha value is -2.37. The molecule has 0 bridgehead atoms. The van der Waals surface area contributed by atoms with Gasteiger partial charge in [0.2, 0.25) is 0 Å². The van der Waals surface area contributed by atoms with Crippen LogP contribution in [-0.4, -0.2) is 58.9 Å². The number of aryl methyl sites for hydroxylation is 1. The maximum atomic E-state index is 12.2. The molecular weight excluding hydrogens is 260 g/mol. The van der Waals surface area contributed by atoms with E-state index in [1.807, 2.05) is 19.1 Å². The maximum absolute atomic E-state index is 12.2. The molecule has 0 unspecified atom stereocenters. The molecule has 6 nitrogen and oxygen atoms in total. The van der Waals surface area contributed by atoms with Crippen LogP contribution in [0.2, 0.25) is 0 Å². The van der Waals surface area contributed by atoms with Gasteiger partial charge in [0.15, 0.2) is 0 Å². The monoisotopic (exact) mass is 276 g/mol. The number of carboxylic acid groups (broad SMARTS) is 1. The number of benzene rings is 1. The molecule has 0 aliphatic carbocycles. The summed E-state index contributed by atoms with van der Waals surface area (Å²) in [5, 5.41) is 8.64. The summed E-state index contributed by atoms with van der Waals surface area (Å²) in [6, 6.07) is 7.29. The van der Waals surface area contributed by atoms with Crippen molar-refractivity contribution >= 4 is 17.8 Å². The van der Waals surface area contributed by atoms with Crippen LogP contribution in [0.3, 0.4) is 0 Å². The van der Waals surface area contributed by atoms with Crippen LogP contribution in [0.15, 0.2) is 24.3 Å². The lowest BCUT2D eigenvalue weighted by atomic mass is 10.1. The number of rotatable bonds is 1. The van der Waals surface area contributed by atoms with Gasteiger partial charge in [-0.2, -0.15) is 0 Å². The average Bonchev–Trinajstić information content (AvgIpc) is 2.46. The van der Waals surface area contributed by atoms with Crippen LogP contribution < -0.4 is 0 Å². The average molecular weight is 276 g/mol. The predicted molar refractivity (Wildman–Crippen MR) is 71.3 cm³/mol. The van der Waals surface area contributed by atoms with E-state index in [0.29, 0.717) is 18.7 Å². The molecular formula is C14H16N2O4. The highest BCUT2D eigenvalue weighted by Gasteiger charge is 2.27. The fraction of sp³-hybridized carbons (Fsp3) is 0.357. The summed E-state index contributed by atoms with van der Waals surface area (Å²) in [6.45, 7) is 3.16. The first-order valence-corrected chi connectivity index (χ1v) is 6.37. The number of carbonyl (C=O) groups is 3. The summed E-state index contributed by atoms with van der Waals surface area (Å²) in [5.41, 5.74) is 1.69. The second-order valence-corrected chi connectivity index (χ2v) is 4.76. The van der Waals surface area contributed by atoms with Gasteiger partial charge in [-0.1, -0.05) is 17.7 Å². The minimum atomic E-state index is -1.46. The van der Waals surface area contributed by atoms with E-state index < -0.39 is 11.9 Å². The largest absolute Gasteiger partial charge is 0.474 e. The molecule has 0 radical (unpaired) electrons. The Morgan fingerprint density at radius 1 is 0.950 bits per heavy atom. The molecule has 0 aromatic heterocycles. The molecule has 106 valence electrons. The Morgan fingerprint density at radius 2 is 1.45 bits per heavy atom. The highest BCUT2D eigenvalue weighted by Crippen LogP contribution is 2.10. The smallest absolute Gasteiger partial charge is 0.394 e. The zero-order chi connectivity index (χ0) is 14.7. The summed E-state index contributed by atoms with van der Waals surface area (Å²) < 4.78 is 0. The zero-order valence-electron chi connectivity index (χ0n) is 11.2. The predicted octanol–water partition coefficient (Wildman–Crippen LogP) is 0.364. The first kappa shape index (κ1) is 14.0. The highest BCUT2D eigenvalue weighted by atomic mass is 16.4. The van der Waals surface area contributed by atoms with Crippen molar-refractivity contribution in [3.8, 4) is 0 Å². The molecule has 20 heavy (non-hydrogen) atoms. The molecule has 1 aliphatic heterocycles. The molecule has 6 heteroatoms. The summed E-state index contributed by atoms with van der Waals surface area (Å²) in [7, 11) is 0. The minimum Gasteiger partial charge on any atom is -0.474 e. The van der Waals surface area contributed by atoms with Gasteiger partial charge in [0.05, 0.1) is 0 Å². The summed E-state index contributed by atoms with van der Waals surface area (Å²) >= 11 is 0. The molecule has 1 N–H and O–H groups in total. The normalized spacial score (nSPS) is 15.1. The van der Waals surface area contributed by atoms with Crippen molar-refractivity contribution in [3.05, 3.63) is 35.4 Å². The van der Waals surface area contributed by atoms with Crippen LogP contribution in [0.4, 0.5) is 0 Å². The van der Waals surface area contributed by atoms with Crippen molar-refractivity contribution in [2.24, 2.45) is 0 Å². The van der Waals surface area contributed by atoms with Crippen molar-refractivity contribution in [1.29, 1.82) is 0 Å². The van der Waals surface area contributed by atoms with Gasteiger partial charge in [-0.25, -0.2) is 4.79 Å². The Balaban J connectivity index is 1.97. The van der Waals surface area contributed by atoms with E-state index in [4.69, 9.17) is 5.11 Å². The second kappa shape index (κ2) is 5.73. The second-order valence-electron chi connectivity index (χ2n) is 4.76. The molecule has 1 aromatic rings. The molecule has 1 heterocycles. The van der Waals surface area contributed by atoms with E-state index >= 15 is 0 Å². The van der Waals surface area contributed by atoms with Crippen LogP contribution in [0.1, 0.15) is 15.9 Å². The van der Waals surface area contributed by atoms with Gasteiger partial charge in [0, 0.05) is 31.7 Å². The van der Waals surface area contributed by atoms with Gasteiger partial charge < -0.3 is 14.9 Å².